The van der Waals surface area contributed by atoms with Crippen LogP contribution in [0.2, 0.25) is 0 Å². The topological polar surface area (TPSA) is 175 Å². The van der Waals surface area contributed by atoms with Crippen LogP contribution in [0, 0.1) is 25.2 Å². The Labute approximate surface area is 245 Å². The quantitative estimate of drug-likeness (QED) is 0.148. The van der Waals surface area contributed by atoms with Crippen molar-refractivity contribution in [3.8, 4) is 11.8 Å². The monoisotopic (exact) mass is 566 g/mol. The van der Waals surface area contributed by atoms with Crippen molar-refractivity contribution < 1.29 is 19.5 Å². The third-order valence-electron chi connectivity index (χ3n) is 7.00. The number of benzene rings is 3. The van der Waals surface area contributed by atoms with Crippen LogP contribution in [0.5, 0.6) is 5.75 Å². The molecule has 6 N–H and O–H groups in total. The van der Waals surface area contributed by atoms with Gasteiger partial charge in [0.25, 0.3) is 0 Å². The first-order valence-electron chi connectivity index (χ1n) is 13.2. The summed E-state index contributed by atoms with van der Waals surface area (Å²) in [4.78, 5) is 42.5. The summed E-state index contributed by atoms with van der Waals surface area (Å²) in [6, 6.07) is 16.0. The number of primary amides is 1. The van der Waals surface area contributed by atoms with Crippen LogP contribution in [0.25, 0.3) is 5.70 Å². The second kappa shape index (κ2) is 13.9. The van der Waals surface area contributed by atoms with Crippen molar-refractivity contribution >= 4 is 30.5 Å². The number of carbonyl (C=O) groups is 3. The van der Waals surface area contributed by atoms with Crippen LogP contribution in [0.1, 0.15) is 61.0 Å². The Morgan fingerprint density at radius 1 is 1.17 bits per heavy atom. The molecule has 10 nitrogen and oxygen atoms in total. The minimum absolute atomic E-state index is 0.0693. The lowest BCUT2D eigenvalue weighted by molar-refractivity contribution is -0.135. The zero-order chi connectivity index (χ0) is 31.0. The van der Waals surface area contributed by atoms with E-state index >= 15 is 0 Å². The molecule has 0 aliphatic heterocycles. The standard InChI is InChI=1S/C32H34N6O4/c1-19-11-24(31(35)41)12-20(2)27(19)14-28(34)32(42)38(17-22-9-10-30(40)25(13-22)18-39)21(3)37-16-29(36-4)26-8-6-5-7-23(26)15-33/h5-13,16,18,21,28,37,40H,4,14,17,34H2,1-3H3,(H2,35,41)/b29-16-/t21?,28-/m0/s1. The molecule has 0 aromatic heterocycles. The minimum atomic E-state index is -0.950. The smallest absolute Gasteiger partial charge is 0.248 e. The third kappa shape index (κ3) is 7.27. The van der Waals surface area contributed by atoms with Crippen LogP contribution in [0.15, 0.2) is 65.8 Å². The number of rotatable bonds is 12. The van der Waals surface area contributed by atoms with Gasteiger partial charge in [0.2, 0.25) is 11.8 Å². The second-order valence-corrected chi connectivity index (χ2v) is 9.93. The van der Waals surface area contributed by atoms with Gasteiger partial charge in [-0.2, -0.15) is 5.26 Å². The van der Waals surface area contributed by atoms with E-state index in [1.807, 2.05) is 13.8 Å². The predicted molar refractivity (Wildman–Crippen MR) is 161 cm³/mol. The fraction of sp³-hybridized carbons (Fsp3) is 0.219. The number of aldehydes is 1. The average Bonchev–Trinajstić information content (AvgIpc) is 2.98. The molecule has 0 saturated carbocycles. The first kappa shape index (κ1) is 31.3. The number of nitriles is 1. The number of aromatic hydroxyl groups is 1. The Morgan fingerprint density at radius 3 is 2.43 bits per heavy atom. The molecule has 0 aliphatic rings. The normalized spacial score (nSPS) is 12.5. The zero-order valence-electron chi connectivity index (χ0n) is 23.8. The SMILES string of the molecule is C=N/C(=C\NC(C)N(Cc1ccc(O)c(C=O)c1)C(=O)[C@@H](N)Cc1c(C)cc(C(N)=O)cc1C)c1ccccc1C#N. The maximum Gasteiger partial charge on any atom is 0.248 e. The molecule has 3 aromatic rings. The fourth-order valence-corrected chi connectivity index (χ4v) is 4.68. The first-order valence-corrected chi connectivity index (χ1v) is 13.2. The molecule has 3 rings (SSSR count). The van der Waals surface area contributed by atoms with Crippen molar-refractivity contribution in [2.24, 2.45) is 16.5 Å². The van der Waals surface area contributed by atoms with E-state index in [2.05, 4.69) is 23.1 Å². The lowest BCUT2D eigenvalue weighted by Crippen LogP contribution is -2.52. The summed E-state index contributed by atoms with van der Waals surface area (Å²) >= 11 is 0. The highest BCUT2D eigenvalue weighted by molar-refractivity contribution is 5.93. The van der Waals surface area contributed by atoms with Gasteiger partial charge in [-0.15, -0.1) is 0 Å². The first-order chi connectivity index (χ1) is 20.0. The highest BCUT2D eigenvalue weighted by Crippen LogP contribution is 2.22. The number of nitrogens with zero attached hydrogens (tertiary/aromatic N) is 3. The number of aryl methyl sites for hydroxylation is 2. The van der Waals surface area contributed by atoms with Crippen LogP contribution in [-0.2, 0) is 17.8 Å². The Hall–Kier alpha value is -5.27. The molecule has 0 bridgehead atoms. The van der Waals surface area contributed by atoms with Gasteiger partial charge in [-0.05, 0) is 86.5 Å². The Kier molecular flexibility index (Phi) is 10.3. The number of nitrogens with two attached hydrogens (primary N) is 2. The molecular formula is C32H34N6O4. The summed E-state index contributed by atoms with van der Waals surface area (Å²) in [5, 5.41) is 22.6. The lowest BCUT2D eigenvalue weighted by Gasteiger charge is -2.32. The van der Waals surface area contributed by atoms with Crippen LogP contribution in [0.4, 0.5) is 0 Å². The molecule has 0 spiro atoms. The molecule has 0 aliphatic carbocycles. The lowest BCUT2D eigenvalue weighted by atomic mass is 9.93. The van der Waals surface area contributed by atoms with Crippen molar-refractivity contribution in [3.63, 3.8) is 0 Å². The van der Waals surface area contributed by atoms with Gasteiger partial charge in [0.1, 0.15) is 5.75 Å². The van der Waals surface area contributed by atoms with Crippen molar-refractivity contribution in [1.29, 1.82) is 5.26 Å². The van der Waals surface area contributed by atoms with E-state index in [0.29, 0.717) is 34.2 Å². The number of amides is 2. The number of aliphatic imine (C=N–C) groups is 1. The molecule has 216 valence electrons. The summed E-state index contributed by atoms with van der Waals surface area (Å²) < 4.78 is 0. The van der Waals surface area contributed by atoms with E-state index in [0.717, 1.165) is 16.7 Å². The summed E-state index contributed by atoms with van der Waals surface area (Å²) in [5.74, 6) is -1.09. The average molecular weight is 567 g/mol. The Balaban J connectivity index is 1.95. The molecular weight excluding hydrogens is 532 g/mol. The minimum Gasteiger partial charge on any atom is -0.507 e. The van der Waals surface area contributed by atoms with Crippen molar-refractivity contribution in [2.45, 2.75) is 45.9 Å². The van der Waals surface area contributed by atoms with Crippen molar-refractivity contribution in [1.82, 2.24) is 10.2 Å². The maximum atomic E-state index is 13.9. The molecule has 0 fully saturated rings. The molecule has 2 atom stereocenters. The van der Waals surface area contributed by atoms with E-state index < -0.39 is 18.1 Å². The predicted octanol–water partition coefficient (Wildman–Crippen LogP) is 3.33. The molecule has 0 saturated heterocycles. The van der Waals surface area contributed by atoms with E-state index in [1.165, 1.54) is 17.0 Å². The van der Waals surface area contributed by atoms with E-state index in [-0.39, 0.29) is 30.2 Å². The van der Waals surface area contributed by atoms with Gasteiger partial charge in [0.05, 0.1) is 35.1 Å². The van der Waals surface area contributed by atoms with Crippen LogP contribution >= 0.6 is 0 Å². The largest absolute Gasteiger partial charge is 0.507 e. The summed E-state index contributed by atoms with van der Waals surface area (Å²) in [7, 11) is 0. The highest BCUT2D eigenvalue weighted by atomic mass is 16.3. The van der Waals surface area contributed by atoms with Crippen LogP contribution in [0.3, 0.4) is 0 Å². The van der Waals surface area contributed by atoms with E-state index in [1.54, 1.807) is 55.6 Å². The van der Waals surface area contributed by atoms with Gasteiger partial charge in [0.15, 0.2) is 6.29 Å². The number of nitrogens with one attached hydrogen (secondary N) is 1. The van der Waals surface area contributed by atoms with Gasteiger partial charge >= 0.3 is 0 Å². The van der Waals surface area contributed by atoms with Gasteiger partial charge in [-0.1, -0.05) is 24.3 Å². The molecule has 3 aromatic carbocycles. The van der Waals surface area contributed by atoms with Gasteiger partial charge in [0, 0.05) is 23.9 Å². The van der Waals surface area contributed by atoms with Gasteiger partial charge < -0.3 is 26.8 Å². The number of hydrogen-bond acceptors (Lipinski definition) is 8. The van der Waals surface area contributed by atoms with Crippen molar-refractivity contribution in [2.75, 3.05) is 0 Å². The second-order valence-electron chi connectivity index (χ2n) is 9.93. The molecule has 10 heteroatoms. The molecule has 0 heterocycles. The van der Waals surface area contributed by atoms with E-state index in [9.17, 15) is 24.8 Å². The zero-order valence-corrected chi connectivity index (χ0v) is 23.8. The number of phenolic OH excluding ortho intramolecular Hbond substituents is 1. The van der Waals surface area contributed by atoms with E-state index in [4.69, 9.17) is 11.5 Å². The maximum absolute atomic E-state index is 13.9. The van der Waals surface area contributed by atoms with Crippen molar-refractivity contribution in [3.05, 3.63) is 105 Å². The van der Waals surface area contributed by atoms with Gasteiger partial charge in [-0.3, -0.25) is 19.4 Å². The molecule has 0 radical (unpaired) electrons. The molecule has 1 unspecified atom stereocenters. The molecule has 42 heavy (non-hydrogen) atoms. The summed E-state index contributed by atoms with van der Waals surface area (Å²) in [6.07, 6.45) is 1.70. The number of phenols is 1. The van der Waals surface area contributed by atoms with Crippen LogP contribution in [-0.4, -0.2) is 47.0 Å². The summed E-state index contributed by atoms with van der Waals surface area (Å²) in [6.45, 7) is 9.12. The Bertz CT molecular complexity index is 1570. The van der Waals surface area contributed by atoms with Gasteiger partial charge in [-0.25, -0.2) is 0 Å². The Morgan fingerprint density at radius 2 is 1.83 bits per heavy atom. The summed E-state index contributed by atoms with van der Waals surface area (Å²) in [5.41, 5.74) is 16.8. The number of hydrogen-bond donors (Lipinski definition) is 4. The van der Waals surface area contributed by atoms with Crippen LogP contribution < -0.4 is 16.8 Å². The highest BCUT2D eigenvalue weighted by Gasteiger charge is 2.27. The fourth-order valence-electron chi connectivity index (χ4n) is 4.68. The molecule has 2 amide bonds. The third-order valence-corrected chi connectivity index (χ3v) is 7.00. The number of carbonyl (C=O) groups excluding carboxylic acids is 3.